The Balaban J connectivity index is 0.00000242. The van der Waals surface area contributed by atoms with Crippen LogP contribution in [0, 0.1) is 0 Å². The van der Waals surface area contributed by atoms with Gasteiger partial charge in [-0.2, -0.15) is 0 Å². The first-order valence-electron chi connectivity index (χ1n) is 7.99. The average molecular weight is 354 g/mol. The molecule has 0 bridgehead atoms. The Morgan fingerprint density at radius 2 is 1.82 bits per heavy atom. The number of halogens is 1. The monoisotopic (exact) mass is 353 g/mol. The molecular formula is C14H28ClN3O3S. The fourth-order valence-corrected chi connectivity index (χ4v) is 4.82. The van der Waals surface area contributed by atoms with Crippen molar-refractivity contribution in [1.29, 1.82) is 0 Å². The normalized spacial score (nSPS) is 20.5. The van der Waals surface area contributed by atoms with E-state index in [2.05, 4.69) is 15.5 Å². The molecule has 0 atom stereocenters. The standard InChI is InChI=1S/C14H27N3O3S.ClH/c18-14(12-21(19,20)13-4-1-2-5-13)16-6-3-9-17-10-7-15-8-11-17;/h13,15H,1-12H2,(H,16,18);1H. The number of sulfone groups is 1. The fraction of sp³-hybridized carbons (Fsp3) is 0.929. The van der Waals surface area contributed by atoms with E-state index in [9.17, 15) is 13.2 Å². The first-order chi connectivity index (χ1) is 10.1. The molecule has 1 saturated heterocycles. The molecule has 0 aromatic carbocycles. The Hall–Kier alpha value is -0.370. The Kier molecular flexibility index (Phi) is 8.67. The second-order valence-corrected chi connectivity index (χ2v) is 8.29. The van der Waals surface area contributed by atoms with Crippen molar-refractivity contribution in [1.82, 2.24) is 15.5 Å². The van der Waals surface area contributed by atoms with Crippen LogP contribution in [-0.4, -0.2) is 69.5 Å². The number of nitrogens with zero attached hydrogens (tertiary/aromatic N) is 1. The van der Waals surface area contributed by atoms with Crippen molar-refractivity contribution >= 4 is 28.2 Å². The third-order valence-corrected chi connectivity index (χ3v) is 6.48. The lowest BCUT2D eigenvalue weighted by molar-refractivity contribution is -0.118. The first-order valence-corrected chi connectivity index (χ1v) is 9.71. The molecule has 1 saturated carbocycles. The van der Waals surface area contributed by atoms with Crippen LogP contribution >= 0.6 is 12.4 Å². The van der Waals surface area contributed by atoms with Crippen LogP contribution in [0.3, 0.4) is 0 Å². The van der Waals surface area contributed by atoms with Gasteiger partial charge in [0.15, 0.2) is 9.84 Å². The van der Waals surface area contributed by atoms with Crippen molar-refractivity contribution in [2.45, 2.75) is 37.4 Å². The van der Waals surface area contributed by atoms with Crippen molar-refractivity contribution in [3.05, 3.63) is 0 Å². The number of carbonyl (C=O) groups is 1. The van der Waals surface area contributed by atoms with Crippen molar-refractivity contribution in [2.24, 2.45) is 0 Å². The molecular weight excluding hydrogens is 326 g/mol. The average Bonchev–Trinajstić information content (AvgIpc) is 2.99. The van der Waals surface area contributed by atoms with Crippen LogP contribution in [0.1, 0.15) is 32.1 Å². The zero-order valence-corrected chi connectivity index (χ0v) is 14.7. The van der Waals surface area contributed by atoms with Gasteiger partial charge < -0.3 is 15.5 Å². The topological polar surface area (TPSA) is 78.5 Å². The molecule has 1 aliphatic carbocycles. The Labute approximate surface area is 139 Å². The van der Waals surface area contributed by atoms with Gasteiger partial charge in [-0.05, 0) is 25.8 Å². The zero-order valence-electron chi connectivity index (χ0n) is 13.1. The van der Waals surface area contributed by atoms with Gasteiger partial charge in [-0.1, -0.05) is 12.8 Å². The van der Waals surface area contributed by atoms with E-state index in [1.54, 1.807) is 0 Å². The number of amides is 1. The third kappa shape index (κ3) is 6.40. The van der Waals surface area contributed by atoms with Gasteiger partial charge in [-0.15, -0.1) is 12.4 Å². The predicted molar refractivity (Wildman–Crippen MR) is 90.2 cm³/mol. The Morgan fingerprint density at radius 3 is 2.45 bits per heavy atom. The molecule has 130 valence electrons. The fourth-order valence-electron chi connectivity index (χ4n) is 3.06. The van der Waals surface area contributed by atoms with Crippen LogP contribution in [0.15, 0.2) is 0 Å². The maximum Gasteiger partial charge on any atom is 0.235 e. The molecule has 1 heterocycles. The van der Waals surface area contributed by atoms with Crippen molar-refractivity contribution in [2.75, 3.05) is 45.0 Å². The molecule has 2 rings (SSSR count). The minimum atomic E-state index is -3.25. The molecule has 0 radical (unpaired) electrons. The highest BCUT2D eigenvalue weighted by atomic mass is 35.5. The minimum Gasteiger partial charge on any atom is -0.355 e. The lowest BCUT2D eigenvalue weighted by Gasteiger charge is -2.27. The second-order valence-electron chi connectivity index (χ2n) is 6.01. The number of nitrogens with one attached hydrogen (secondary N) is 2. The summed E-state index contributed by atoms with van der Waals surface area (Å²) >= 11 is 0. The van der Waals surface area contributed by atoms with Crippen LogP contribution in [-0.2, 0) is 14.6 Å². The molecule has 22 heavy (non-hydrogen) atoms. The molecule has 0 aromatic rings. The molecule has 8 heteroatoms. The van der Waals surface area contributed by atoms with Gasteiger partial charge in [0.2, 0.25) is 5.91 Å². The molecule has 1 amide bonds. The Morgan fingerprint density at radius 1 is 1.18 bits per heavy atom. The first kappa shape index (κ1) is 19.7. The van der Waals surface area contributed by atoms with E-state index >= 15 is 0 Å². The van der Waals surface area contributed by atoms with Gasteiger partial charge in [0, 0.05) is 32.7 Å². The smallest absolute Gasteiger partial charge is 0.235 e. The molecule has 2 N–H and O–H groups in total. The van der Waals surface area contributed by atoms with Gasteiger partial charge in [0.25, 0.3) is 0 Å². The highest BCUT2D eigenvalue weighted by molar-refractivity contribution is 7.92. The number of hydrogen-bond acceptors (Lipinski definition) is 5. The molecule has 0 spiro atoms. The van der Waals surface area contributed by atoms with Gasteiger partial charge in [-0.25, -0.2) is 8.42 Å². The summed E-state index contributed by atoms with van der Waals surface area (Å²) in [4.78, 5) is 14.1. The summed E-state index contributed by atoms with van der Waals surface area (Å²) in [5, 5.41) is 5.75. The number of hydrogen-bond donors (Lipinski definition) is 2. The maximum absolute atomic E-state index is 12.0. The lowest BCUT2D eigenvalue weighted by atomic mass is 10.3. The molecule has 0 aromatic heterocycles. The zero-order chi connectivity index (χ0) is 15.1. The molecule has 2 aliphatic rings. The highest BCUT2D eigenvalue weighted by Crippen LogP contribution is 2.24. The predicted octanol–water partition coefficient (Wildman–Crippen LogP) is 0.177. The summed E-state index contributed by atoms with van der Waals surface area (Å²) in [6.45, 7) is 5.65. The van der Waals surface area contributed by atoms with Gasteiger partial charge in [-0.3, -0.25) is 4.79 Å². The van der Waals surface area contributed by atoms with E-state index in [0.717, 1.165) is 64.8 Å². The van der Waals surface area contributed by atoms with Crippen molar-refractivity contribution in [3.63, 3.8) is 0 Å². The quantitative estimate of drug-likeness (QED) is 0.638. The van der Waals surface area contributed by atoms with Crippen LogP contribution < -0.4 is 10.6 Å². The summed E-state index contributed by atoms with van der Waals surface area (Å²) in [7, 11) is -3.25. The summed E-state index contributed by atoms with van der Waals surface area (Å²) in [5.41, 5.74) is 0. The number of piperazine rings is 1. The molecule has 6 nitrogen and oxygen atoms in total. The SMILES string of the molecule is Cl.O=C(CS(=O)(=O)C1CCCC1)NCCCN1CCNCC1. The van der Waals surface area contributed by atoms with E-state index in [1.165, 1.54) is 0 Å². The van der Waals surface area contributed by atoms with Crippen molar-refractivity contribution in [3.8, 4) is 0 Å². The largest absolute Gasteiger partial charge is 0.355 e. The minimum absolute atomic E-state index is 0. The maximum atomic E-state index is 12.0. The van der Waals surface area contributed by atoms with Crippen LogP contribution in [0.5, 0.6) is 0 Å². The van der Waals surface area contributed by atoms with E-state index in [0.29, 0.717) is 6.54 Å². The molecule has 0 unspecified atom stereocenters. The van der Waals surface area contributed by atoms with Crippen molar-refractivity contribution < 1.29 is 13.2 Å². The van der Waals surface area contributed by atoms with E-state index in [-0.39, 0.29) is 29.3 Å². The van der Waals surface area contributed by atoms with E-state index in [4.69, 9.17) is 0 Å². The summed E-state index contributed by atoms with van der Waals surface area (Å²) < 4.78 is 24.1. The van der Waals surface area contributed by atoms with E-state index < -0.39 is 9.84 Å². The van der Waals surface area contributed by atoms with Gasteiger partial charge in [0.05, 0.1) is 5.25 Å². The van der Waals surface area contributed by atoms with Gasteiger partial charge >= 0.3 is 0 Å². The summed E-state index contributed by atoms with van der Waals surface area (Å²) in [5.74, 6) is -0.687. The van der Waals surface area contributed by atoms with Gasteiger partial charge in [0.1, 0.15) is 5.75 Å². The molecule has 1 aliphatic heterocycles. The number of carbonyl (C=O) groups excluding carboxylic acids is 1. The lowest BCUT2D eigenvalue weighted by Crippen LogP contribution is -2.44. The Bertz CT molecular complexity index is 433. The summed E-state index contributed by atoms with van der Waals surface area (Å²) in [6, 6.07) is 0. The second kappa shape index (κ2) is 9.70. The van der Waals surface area contributed by atoms with Crippen LogP contribution in [0.25, 0.3) is 0 Å². The highest BCUT2D eigenvalue weighted by Gasteiger charge is 2.30. The van der Waals surface area contributed by atoms with Crippen LogP contribution in [0.2, 0.25) is 0 Å². The van der Waals surface area contributed by atoms with E-state index in [1.807, 2.05) is 0 Å². The van der Waals surface area contributed by atoms with Crippen LogP contribution in [0.4, 0.5) is 0 Å². The molecule has 2 fully saturated rings. The number of rotatable bonds is 7. The third-order valence-electron chi connectivity index (χ3n) is 4.33. The summed E-state index contributed by atoms with van der Waals surface area (Å²) in [6.07, 6.45) is 4.25.